The first-order valence-corrected chi connectivity index (χ1v) is 5.76. The van der Waals surface area contributed by atoms with Crippen molar-refractivity contribution in [2.45, 2.75) is 13.8 Å². The van der Waals surface area contributed by atoms with Crippen molar-refractivity contribution in [1.82, 2.24) is 0 Å². The van der Waals surface area contributed by atoms with Crippen LogP contribution >= 0.6 is 0 Å². The van der Waals surface area contributed by atoms with Crippen LogP contribution in [0.4, 0.5) is 0 Å². The molecule has 0 heterocycles. The van der Waals surface area contributed by atoms with Crippen molar-refractivity contribution >= 4 is 5.57 Å². The molecule has 0 spiro atoms. The molecule has 0 saturated heterocycles. The van der Waals surface area contributed by atoms with Crippen LogP contribution in [0.15, 0.2) is 60.2 Å². The second-order valence-corrected chi connectivity index (χ2v) is 4.02. The molecule has 17 heavy (non-hydrogen) atoms. The third-order valence-corrected chi connectivity index (χ3v) is 2.44. The minimum atomic E-state index is 0.599. The first-order valence-electron chi connectivity index (χ1n) is 5.76. The van der Waals surface area contributed by atoms with E-state index in [-0.39, 0.29) is 0 Å². The molecule has 1 nitrogen and oxygen atoms in total. The molecule has 0 bridgehead atoms. The van der Waals surface area contributed by atoms with E-state index in [1.165, 1.54) is 11.1 Å². The van der Waals surface area contributed by atoms with E-state index in [1.807, 2.05) is 32.0 Å². The Morgan fingerprint density at radius 3 is 2.41 bits per heavy atom. The van der Waals surface area contributed by atoms with E-state index < -0.39 is 0 Å². The number of rotatable bonds is 5. The van der Waals surface area contributed by atoms with Crippen LogP contribution < -0.4 is 0 Å². The Morgan fingerprint density at radius 2 is 1.94 bits per heavy atom. The second-order valence-electron chi connectivity index (χ2n) is 4.02. The van der Waals surface area contributed by atoms with Gasteiger partial charge in [0.15, 0.2) is 0 Å². The molecule has 90 valence electrons. The van der Waals surface area contributed by atoms with Gasteiger partial charge < -0.3 is 4.74 Å². The standard InChI is InChI=1S/C16H20O/c1-5-16(14-9-7-6-8-10-14)15(12-17-4)11-13(2)3/h5-11H,2,12H2,1,3-4H3/b15-11-,16-5-. The first kappa shape index (κ1) is 13.5. The Balaban J connectivity index is 3.12. The zero-order chi connectivity index (χ0) is 12.7. The molecule has 0 aliphatic heterocycles. The maximum atomic E-state index is 5.26. The minimum absolute atomic E-state index is 0.599. The van der Waals surface area contributed by atoms with Crippen molar-refractivity contribution in [2.75, 3.05) is 13.7 Å². The molecule has 0 radical (unpaired) electrons. The van der Waals surface area contributed by atoms with Crippen molar-refractivity contribution < 1.29 is 4.74 Å². The fraction of sp³-hybridized carbons (Fsp3) is 0.250. The zero-order valence-electron chi connectivity index (χ0n) is 10.9. The smallest absolute Gasteiger partial charge is 0.0719 e. The van der Waals surface area contributed by atoms with Gasteiger partial charge in [0.1, 0.15) is 0 Å². The molecule has 0 aromatic heterocycles. The molecular formula is C16H20O. The van der Waals surface area contributed by atoms with E-state index in [1.54, 1.807) is 7.11 Å². The van der Waals surface area contributed by atoms with Crippen LogP contribution in [0.1, 0.15) is 19.4 Å². The lowest BCUT2D eigenvalue weighted by atomic mass is 9.97. The molecular weight excluding hydrogens is 208 g/mol. The molecule has 1 aromatic rings. The van der Waals surface area contributed by atoms with Crippen LogP contribution in [0, 0.1) is 0 Å². The highest BCUT2D eigenvalue weighted by molar-refractivity contribution is 5.79. The highest BCUT2D eigenvalue weighted by Crippen LogP contribution is 2.24. The molecule has 0 fully saturated rings. The highest BCUT2D eigenvalue weighted by Gasteiger charge is 2.06. The fourth-order valence-corrected chi connectivity index (χ4v) is 1.81. The summed E-state index contributed by atoms with van der Waals surface area (Å²) in [7, 11) is 1.71. The third-order valence-electron chi connectivity index (χ3n) is 2.44. The van der Waals surface area contributed by atoms with Gasteiger partial charge in [-0.3, -0.25) is 0 Å². The molecule has 1 rings (SSSR count). The lowest BCUT2D eigenvalue weighted by Crippen LogP contribution is -1.98. The molecule has 0 amide bonds. The summed E-state index contributed by atoms with van der Waals surface area (Å²) in [5.41, 5.74) is 4.61. The summed E-state index contributed by atoms with van der Waals surface area (Å²) in [6.07, 6.45) is 4.19. The summed E-state index contributed by atoms with van der Waals surface area (Å²) in [5, 5.41) is 0. The molecule has 0 aliphatic carbocycles. The Bertz CT molecular complexity index is 424. The van der Waals surface area contributed by atoms with Gasteiger partial charge in [-0.15, -0.1) is 0 Å². The van der Waals surface area contributed by atoms with E-state index in [0.29, 0.717) is 6.61 Å². The molecule has 1 aromatic carbocycles. The van der Waals surface area contributed by atoms with Crippen molar-refractivity contribution in [2.24, 2.45) is 0 Å². The average Bonchev–Trinajstić information content (AvgIpc) is 2.31. The number of ether oxygens (including phenoxy) is 1. The summed E-state index contributed by atoms with van der Waals surface area (Å²) in [4.78, 5) is 0. The normalized spacial score (nSPS) is 12.6. The SMILES string of the molecule is C=C(C)/C=C(COC)\C(=C/C)c1ccccc1. The Morgan fingerprint density at radius 1 is 1.29 bits per heavy atom. The number of benzene rings is 1. The minimum Gasteiger partial charge on any atom is -0.380 e. The lowest BCUT2D eigenvalue weighted by molar-refractivity contribution is 0.229. The van der Waals surface area contributed by atoms with E-state index >= 15 is 0 Å². The van der Waals surface area contributed by atoms with Crippen LogP contribution in [-0.2, 0) is 4.74 Å². The maximum absolute atomic E-state index is 5.26. The zero-order valence-corrected chi connectivity index (χ0v) is 10.9. The van der Waals surface area contributed by atoms with Crippen molar-refractivity contribution in [3.05, 3.63) is 65.8 Å². The predicted octanol–water partition coefficient (Wildman–Crippen LogP) is 4.24. The van der Waals surface area contributed by atoms with Crippen molar-refractivity contribution in [3.63, 3.8) is 0 Å². The van der Waals surface area contributed by atoms with Gasteiger partial charge in [-0.1, -0.05) is 54.6 Å². The van der Waals surface area contributed by atoms with Crippen LogP contribution in [0.3, 0.4) is 0 Å². The molecule has 0 saturated carbocycles. The summed E-state index contributed by atoms with van der Waals surface area (Å²) < 4.78 is 5.26. The number of hydrogen-bond acceptors (Lipinski definition) is 1. The first-order chi connectivity index (χ1) is 8.19. The molecule has 1 heteroatoms. The van der Waals surface area contributed by atoms with Gasteiger partial charge in [-0.25, -0.2) is 0 Å². The highest BCUT2D eigenvalue weighted by atomic mass is 16.5. The monoisotopic (exact) mass is 228 g/mol. The van der Waals surface area contributed by atoms with E-state index in [0.717, 1.165) is 11.1 Å². The van der Waals surface area contributed by atoms with E-state index in [2.05, 4.69) is 30.9 Å². The lowest BCUT2D eigenvalue weighted by Gasteiger charge is -2.12. The fourth-order valence-electron chi connectivity index (χ4n) is 1.81. The van der Waals surface area contributed by atoms with Crippen molar-refractivity contribution in [1.29, 1.82) is 0 Å². The van der Waals surface area contributed by atoms with Crippen LogP contribution in [0.5, 0.6) is 0 Å². The Hall–Kier alpha value is -1.60. The van der Waals surface area contributed by atoms with Gasteiger partial charge >= 0.3 is 0 Å². The molecule has 0 N–H and O–H groups in total. The molecule has 0 unspecified atom stereocenters. The van der Waals surface area contributed by atoms with Gasteiger partial charge in [0.25, 0.3) is 0 Å². The number of hydrogen-bond donors (Lipinski definition) is 0. The van der Waals surface area contributed by atoms with Gasteiger partial charge in [0.2, 0.25) is 0 Å². The Kier molecular flexibility index (Phi) is 5.44. The summed E-state index contributed by atoms with van der Waals surface area (Å²) in [6, 6.07) is 10.3. The third kappa shape index (κ3) is 4.04. The summed E-state index contributed by atoms with van der Waals surface area (Å²) in [6.45, 7) is 8.57. The number of methoxy groups -OCH3 is 1. The largest absolute Gasteiger partial charge is 0.380 e. The van der Waals surface area contributed by atoms with Gasteiger partial charge in [0, 0.05) is 7.11 Å². The van der Waals surface area contributed by atoms with Gasteiger partial charge in [-0.05, 0) is 30.6 Å². The Labute approximate surface area is 104 Å². The van der Waals surface area contributed by atoms with E-state index in [4.69, 9.17) is 4.74 Å². The second kappa shape index (κ2) is 6.87. The molecule has 0 atom stereocenters. The number of allylic oxidation sites excluding steroid dienone is 3. The van der Waals surface area contributed by atoms with Crippen LogP contribution in [0.25, 0.3) is 5.57 Å². The molecule has 0 aliphatic rings. The summed E-state index contributed by atoms with van der Waals surface area (Å²) >= 11 is 0. The summed E-state index contributed by atoms with van der Waals surface area (Å²) in [5.74, 6) is 0. The van der Waals surface area contributed by atoms with Crippen LogP contribution in [-0.4, -0.2) is 13.7 Å². The van der Waals surface area contributed by atoms with Gasteiger partial charge in [0.05, 0.1) is 6.61 Å². The van der Waals surface area contributed by atoms with E-state index in [9.17, 15) is 0 Å². The van der Waals surface area contributed by atoms with Crippen molar-refractivity contribution in [3.8, 4) is 0 Å². The van der Waals surface area contributed by atoms with Crippen LogP contribution in [0.2, 0.25) is 0 Å². The maximum Gasteiger partial charge on any atom is 0.0719 e. The topological polar surface area (TPSA) is 9.23 Å². The average molecular weight is 228 g/mol. The van der Waals surface area contributed by atoms with Gasteiger partial charge in [-0.2, -0.15) is 0 Å². The quantitative estimate of drug-likeness (QED) is 0.685. The predicted molar refractivity (Wildman–Crippen MR) is 74.9 cm³/mol.